The highest BCUT2D eigenvalue weighted by molar-refractivity contribution is 5.97. The Morgan fingerprint density at radius 3 is 2.48 bits per heavy atom. The summed E-state index contributed by atoms with van der Waals surface area (Å²) in [5.74, 6) is -1.31. The van der Waals surface area contributed by atoms with Gasteiger partial charge >= 0.3 is 11.6 Å². The van der Waals surface area contributed by atoms with Crippen molar-refractivity contribution in [2.24, 2.45) is 0 Å². The van der Waals surface area contributed by atoms with Crippen molar-refractivity contribution in [2.75, 3.05) is 18.6 Å². The standard InChI is InChI=1S/C19H15NO5/c1-20(14-8-3-2-4-9-14)17(21)12-24-18(22)15-11-13-7-5-6-10-16(13)25-19(15)23/h2-11H,12H2,1H3. The second-order valence-corrected chi connectivity index (χ2v) is 5.35. The van der Waals surface area contributed by atoms with E-state index in [0.29, 0.717) is 16.7 Å². The van der Waals surface area contributed by atoms with E-state index in [2.05, 4.69) is 0 Å². The Labute approximate surface area is 143 Å². The van der Waals surface area contributed by atoms with Crippen molar-refractivity contribution in [3.63, 3.8) is 0 Å². The number of hydrogen-bond acceptors (Lipinski definition) is 5. The topological polar surface area (TPSA) is 76.8 Å². The van der Waals surface area contributed by atoms with E-state index >= 15 is 0 Å². The second kappa shape index (κ2) is 7.00. The molecule has 0 unspecified atom stereocenters. The average molecular weight is 337 g/mol. The Balaban J connectivity index is 1.71. The number of para-hydroxylation sites is 2. The minimum atomic E-state index is -0.894. The molecular weight excluding hydrogens is 322 g/mol. The van der Waals surface area contributed by atoms with Gasteiger partial charge in [-0.25, -0.2) is 9.59 Å². The Bertz CT molecular complexity index is 978. The van der Waals surface area contributed by atoms with Crippen LogP contribution in [0.15, 0.2) is 69.9 Å². The molecule has 2 aromatic carbocycles. The molecule has 0 N–H and O–H groups in total. The normalized spacial score (nSPS) is 10.4. The predicted molar refractivity (Wildman–Crippen MR) is 92.6 cm³/mol. The third kappa shape index (κ3) is 3.58. The molecule has 0 aliphatic heterocycles. The van der Waals surface area contributed by atoms with Crippen molar-refractivity contribution in [1.29, 1.82) is 0 Å². The molecule has 0 bridgehead atoms. The number of nitrogens with zero attached hydrogens (tertiary/aromatic N) is 1. The number of hydrogen-bond donors (Lipinski definition) is 0. The van der Waals surface area contributed by atoms with Crippen molar-refractivity contribution in [1.82, 2.24) is 0 Å². The highest BCUT2D eigenvalue weighted by Crippen LogP contribution is 2.14. The van der Waals surface area contributed by atoms with Gasteiger partial charge in [0.25, 0.3) is 5.91 Å². The van der Waals surface area contributed by atoms with Crippen molar-refractivity contribution in [3.05, 3.63) is 76.6 Å². The third-order valence-electron chi connectivity index (χ3n) is 3.71. The maximum Gasteiger partial charge on any atom is 0.351 e. The van der Waals surface area contributed by atoms with Crippen LogP contribution in [0.3, 0.4) is 0 Å². The first kappa shape index (κ1) is 16.4. The van der Waals surface area contributed by atoms with E-state index in [9.17, 15) is 14.4 Å². The predicted octanol–water partition coefficient (Wildman–Crippen LogP) is 2.61. The van der Waals surface area contributed by atoms with E-state index in [-0.39, 0.29) is 5.56 Å². The third-order valence-corrected chi connectivity index (χ3v) is 3.71. The van der Waals surface area contributed by atoms with Crippen LogP contribution in [0.25, 0.3) is 11.0 Å². The molecule has 126 valence electrons. The first-order chi connectivity index (χ1) is 12.1. The van der Waals surface area contributed by atoms with Crippen LogP contribution >= 0.6 is 0 Å². The van der Waals surface area contributed by atoms with Crippen molar-refractivity contribution in [3.8, 4) is 0 Å². The van der Waals surface area contributed by atoms with E-state index in [1.807, 2.05) is 6.07 Å². The number of esters is 1. The molecule has 0 atom stereocenters. The molecule has 25 heavy (non-hydrogen) atoms. The highest BCUT2D eigenvalue weighted by Gasteiger charge is 2.18. The largest absolute Gasteiger partial charge is 0.452 e. The van der Waals surface area contributed by atoms with Crippen LogP contribution in [-0.2, 0) is 9.53 Å². The van der Waals surface area contributed by atoms with Crippen LogP contribution in [-0.4, -0.2) is 25.5 Å². The highest BCUT2D eigenvalue weighted by atomic mass is 16.5. The van der Waals surface area contributed by atoms with E-state index in [1.165, 1.54) is 11.0 Å². The summed E-state index contributed by atoms with van der Waals surface area (Å²) in [6.07, 6.45) is 0. The fraction of sp³-hybridized carbons (Fsp3) is 0.105. The van der Waals surface area contributed by atoms with Crippen LogP contribution in [0.5, 0.6) is 0 Å². The number of amides is 1. The Morgan fingerprint density at radius 1 is 1.04 bits per heavy atom. The Morgan fingerprint density at radius 2 is 1.72 bits per heavy atom. The van der Waals surface area contributed by atoms with Gasteiger partial charge in [0, 0.05) is 18.1 Å². The van der Waals surface area contributed by atoms with Gasteiger partial charge in [0.1, 0.15) is 11.1 Å². The van der Waals surface area contributed by atoms with Crippen molar-refractivity contribution in [2.45, 2.75) is 0 Å². The summed E-state index contributed by atoms with van der Waals surface area (Å²) in [6.45, 7) is -0.476. The lowest BCUT2D eigenvalue weighted by Gasteiger charge is -2.16. The van der Waals surface area contributed by atoms with E-state index in [4.69, 9.17) is 9.15 Å². The molecule has 6 nitrogen and oxygen atoms in total. The van der Waals surface area contributed by atoms with Crippen LogP contribution in [0.1, 0.15) is 10.4 Å². The van der Waals surface area contributed by atoms with Crippen LogP contribution in [0, 0.1) is 0 Å². The number of carbonyl (C=O) groups excluding carboxylic acids is 2. The zero-order valence-electron chi connectivity index (χ0n) is 13.5. The number of fused-ring (bicyclic) bond motifs is 1. The maximum absolute atomic E-state index is 12.1. The van der Waals surface area contributed by atoms with Gasteiger partial charge in [0.15, 0.2) is 6.61 Å². The minimum absolute atomic E-state index is 0.242. The lowest BCUT2D eigenvalue weighted by molar-refractivity contribution is -0.121. The van der Waals surface area contributed by atoms with Gasteiger partial charge in [0.2, 0.25) is 0 Å². The van der Waals surface area contributed by atoms with Crippen molar-refractivity contribution >= 4 is 28.5 Å². The zero-order valence-corrected chi connectivity index (χ0v) is 13.5. The molecular formula is C19H15NO5. The fourth-order valence-corrected chi connectivity index (χ4v) is 2.30. The second-order valence-electron chi connectivity index (χ2n) is 5.35. The molecule has 3 rings (SSSR count). The molecule has 0 fully saturated rings. The van der Waals surface area contributed by atoms with Gasteiger partial charge < -0.3 is 14.1 Å². The Hall–Kier alpha value is -3.41. The van der Waals surface area contributed by atoms with Gasteiger partial charge in [-0.2, -0.15) is 0 Å². The summed E-state index contributed by atoms with van der Waals surface area (Å²) in [5.41, 5.74) is 0.0131. The summed E-state index contributed by atoms with van der Waals surface area (Å²) in [6, 6.07) is 17.2. The molecule has 0 spiro atoms. The number of benzene rings is 2. The molecule has 0 aliphatic rings. The summed E-state index contributed by atoms with van der Waals surface area (Å²) in [4.78, 5) is 37.5. The SMILES string of the molecule is CN(C(=O)COC(=O)c1cc2ccccc2oc1=O)c1ccccc1. The fourth-order valence-electron chi connectivity index (χ4n) is 2.30. The zero-order chi connectivity index (χ0) is 17.8. The number of anilines is 1. The van der Waals surface area contributed by atoms with Crippen LogP contribution in [0.4, 0.5) is 5.69 Å². The first-order valence-electron chi connectivity index (χ1n) is 7.58. The minimum Gasteiger partial charge on any atom is -0.452 e. The van der Waals surface area contributed by atoms with E-state index in [0.717, 1.165) is 0 Å². The summed E-state index contributed by atoms with van der Waals surface area (Å²) < 4.78 is 10.1. The maximum atomic E-state index is 12.1. The summed E-state index contributed by atoms with van der Waals surface area (Å²) in [5, 5.41) is 0.599. The molecule has 0 radical (unpaired) electrons. The molecule has 1 heterocycles. The van der Waals surface area contributed by atoms with Crippen LogP contribution < -0.4 is 10.5 Å². The first-order valence-corrected chi connectivity index (χ1v) is 7.58. The van der Waals surface area contributed by atoms with Gasteiger partial charge in [0.05, 0.1) is 0 Å². The summed E-state index contributed by atoms with van der Waals surface area (Å²) >= 11 is 0. The molecule has 6 heteroatoms. The van der Waals surface area contributed by atoms with Gasteiger partial charge in [-0.1, -0.05) is 36.4 Å². The summed E-state index contributed by atoms with van der Waals surface area (Å²) in [7, 11) is 1.58. The lowest BCUT2D eigenvalue weighted by atomic mass is 10.2. The molecule has 0 aliphatic carbocycles. The average Bonchev–Trinajstić information content (AvgIpc) is 2.65. The molecule has 1 aromatic heterocycles. The van der Waals surface area contributed by atoms with Gasteiger partial charge in [-0.05, 0) is 24.3 Å². The van der Waals surface area contributed by atoms with Gasteiger partial charge in [-0.15, -0.1) is 0 Å². The lowest BCUT2D eigenvalue weighted by Crippen LogP contribution is -2.31. The van der Waals surface area contributed by atoms with E-state index in [1.54, 1.807) is 55.6 Å². The monoisotopic (exact) mass is 337 g/mol. The Kier molecular flexibility index (Phi) is 4.61. The molecule has 1 amide bonds. The van der Waals surface area contributed by atoms with Gasteiger partial charge in [-0.3, -0.25) is 4.79 Å². The number of carbonyl (C=O) groups is 2. The van der Waals surface area contributed by atoms with E-state index < -0.39 is 24.1 Å². The van der Waals surface area contributed by atoms with Crippen LogP contribution in [0.2, 0.25) is 0 Å². The molecule has 0 saturated carbocycles. The smallest absolute Gasteiger partial charge is 0.351 e. The number of rotatable bonds is 4. The molecule has 3 aromatic rings. The molecule has 0 saturated heterocycles. The number of likely N-dealkylation sites (N-methyl/N-ethyl adjacent to an activating group) is 1. The number of ether oxygens (including phenoxy) is 1. The van der Waals surface area contributed by atoms with Crippen molar-refractivity contribution < 1.29 is 18.7 Å². The quantitative estimate of drug-likeness (QED) is 0.540.